The van der Waals surface area contributed by atoms with E-state index in [1.165, 1.54) is 7.11 Å². The molecular weight excluding hydrogens is 482 g/mol. The van der Waals surface area contributed by atoms with Gasteiger partial charge in [-0.3, -0.25) is 9.69 Å². The molecule has 1 amide bonds. The van der Waals surface area contributed by atoms with E-state index in [1.807, 2.05) is 19.1 Å². The SMILES string of the molecule is COC(=O)N1c2ccc3c(nc(CC(C(=O)O)c4ccc(Cl)cc4)n3C3CCCOC3)c2CC[C@@H]1C. The van der Waals surface area contributed by atoms with E-state index in [-0.39, 0.29) is 18.5 Å². The van der Waals surface area contributed by atoms with E-state index in [2.05, 4.69) is 4.57 Å². The summed E-state index contributed by atoms with van der Waals surface area (Å²) in [7, 11) is 1.39. The predicted octanol–water partition coefficient (Wildman–Crippen LogP) is 5.36. The molecule has 0 radical (unpaired) electrons. The van der Waals surface area contributed by atoms with Gasteiger partial charge >= 0.3 is 12.1 Å². The van der Waals surface area contributed by atoms with E-state index in [9.17, 15) is 14.7 Å². The van der Waals surface area contributed by atoms with Crippen molar-refractivity contribution in [3.63, 3.8) is 0 Å². The van der Waals surface area contributed by atoms with Gasteiger partial charge < -0.3 is 19.1 Å². The average Bonchev–Trinajstić information content (AvgIpc) is 3.26. The van der Waals surface area contributed by atoms with Crippen LogP contribution in [0.4, 0.5) is 10.5 Å². The first-order valence-corrected chi connectivity index (χ1v) is 12.7. The topological polar surface area (TPSA) is 93.9 Å². The minimum atomic E-state index is -0.913. The van der Waals surface area contributed by atoms with Crippen LogP contribution in [-0.2, 0) is 27.1 Å². The van der Waals surface area contributed by atoms with Crippen molar-refractivity contribution in [2.75, 3.05) is 25.2 Å². The molecule has 3 aromatic rings. The molecule has 2 aliphatic rings. The van der Waals surface area contributed by atoms with Crippen LogP contribution in [0.3, 0.4) is 0 Å². The fourth-order valence-electron chi connectivity index (χ4n) is 5.53. The van der Waals surface area contributed by atoms with Crippen molar-refractivity contribution in [2.45, 2.75) is 57.0 Å². The lowest BCUT2D eigenvalue weighted by Gasteiger charge is -2.34. The summed E-state index contributed by atoms with van der Waals surface area (Å²) in [5, 5.41) is 10.7. The number of aliphatic carboxylic acids is 1. The number of carboxylic acid groups (broad SMARTS) is 1. The Bertz CT molecular complexity index is 1280. The highest BCUT2D eigenvalue weighted by molar-refractivity contribution is 6.30. The third kappa shape index (κ3) is 4.44. The zero-order valence-corrected chi connectivity index (χ0v) is 21.2. The molecule has 3 atom stereocenters. The quantitative estimate of drug-likeness (QED) is 0.495. The Morgan fingerprint density at radius 3 is 2.67 bits per heavy atom. The summed E-state index contributed by atoms with van der Waals surface area (Å²) in [6.07, 6.45) is 3.27. The average molecular weight is 512 g/mol. The van der Waals surface area contributed by atoms with Gasteiger partial charge in [-0.05, 0) is 62.4 Å². The van der Waals surface area contributed by atoms with E-state index >= 15 is 0 Å². The molecule has 1 fully saturated rings. The van der Waals surface area contributed by atoms with Gasteiger partial charge in [0.1, 0.15) is 5.82 Å². The zero-order chi connectivity index (χ0) is 25.4. The summed E-state index contributed by atoms with van der Waals surface area (Å²) in [4.78, 5) is 31.7. The number of carbonyl (C=O) groups excluding carboxylic acids is 1. The maximum Gasteiger partial charge on any atom is 0.414 e. The Kier molecular flexibility index (Phi) is 6.90. The molecule has 0 aliphatic carbocycles. The Morgan fingerprint density at radius 1 is 1.22 bits per heavy atom. The molecule has 5 rings (SSSR count). The predicted molar refractivity (Wildman–Crippen MR) is 137 cm³/mol. The normalized spacial score (nSPS) is 20.7. The fourth-order valence-corrected chi connectivity index (χ4v) is 5.65. The first kappa shape index (κ1) is 24.6. The second kappa shape index (κ2) is 10.1. The Morgan fingerprint density at radius 2 is 2.00 bits per heavy atom. The highest BCUT2D eigenvalue weighted by atomic mass is 35.5. The van der Waals surface area contributed by atoms with Crippen LogP contribution >= 0.6 is 11.6 Å². The van der Waals surface area contributed by atoms with Crippen molar-refractivity contribution < 1.29 is 24.2 Å². The lowest BCUT2D eigenvalue weighted by molar-refractivity contribution is -0.138. The molecule has 1 N–H and O–H groups in total. The number of anilines is 1. The van der Waals surface area contributed by atoms with Gasteiger partial charge in [-0.15, -0.1) is 0 Å². The van der Waals surface area contributed by atoms with Crippen molar-refractivity contribution in [3.05, 3.63) is 58.4 Å². The summed E-state index contributed by atoms with van der Waals surface area (Å²) in [5.41, 5.74) is 4.23. The van der Waals surface area contributed by atoms with Crippen LogP contribution in [0.5, 0.6) is 0 Å². The maximum atomic E-state index is 12.6. The fraction of sp³-hybridized carbons (Fsp3) is 0.444. The van der Waals surface area contributed by atoms with Crippen molar-refractivity contribution in [1.29, 1.82) is 0 Å². The van der Waals surface area contributed by atoms with Crippen LogP contribution in [0.25, 0.3) is 11.0 Å². The number of carboxylic acids is 1. The molecule has 3 heterocycles. The lowest BCUT2D eigenvalue weighted by Crippen LogP contribution is -2.42. The van der Waals surface area contributed by atoms with Crippen LogP contribution in [0.2, 0.25) is 5.02 Å². The van der Waals surface area contributed by atoms with Crippen LogP contribution in [-0.4, -0.2) is 53.1 Å². The summed E-state index contributed by atoms with van der Waals surface area (Å²) < 4.78 is 13.0. The Balaban J connectivity index is 1.64. The minimum absolute atomic E-state index is 0.0111. The number of nitrogens with zero attached hydrogens (tertiary/aromatic N) is 3. The van der Waals surface area contributed by atoms with E-state index in [1.54, 1.807) is 29.2 Å². The summed E-state index contributed by atoms with van der Waals surface area (Å²) >= 11 is 6.04. The molecule has 9 heteroatoms. The molecule has 0 spiro atoms. The molecule has 2 aromatic carbocycles. The van der Waals surface area contributed by atoms with Crippen LogP contribution in [0.15, 0.2) is 36.4 Å². The van der Waals surface area contributed by atoms with Gasteiger partial charge in [-0.25, -0.2) is 9.78 Å². The van der Waals surface area contributed by atoms with Gasteiger partial charge in [-0.2, -0.15) is 0 Å². The molecular formula is C27H30ClN3O5. The third-order valence-electron chi connectivity index (χ3n) is 7.36. The standard InChI is InChI=1S/C27H30ClN3O5/c1-16-5-10-20-22(30(16)27(34)35-2)11-12-23-25(20)29-24(31(23)19-4-3-13-36-15-19)14-21(26(32)33)17-6-8-18(28)9-7-17/h6-9,11-12,16,19,21H,3-5,10,13-15H2,1-2H3,(H,32,33)/t16-,19?,21?/m0/s1. The van der Waals surface area contributed by atoms with Crippen LogP contribution in [0, 0.1) is 0 Å². The van der Waals surface area contributed by atoms with Gasteiger partial charge in [0, 0.05) is 29.7 Å². The van der Waals surface area contributed by atoms with Gasteiger partial charge in [-0.1, -0.05) is 23.7 Å². The van der Waals surface area contributed by atoms with Gasteiger partial charge in [0.05, 0.1) is 42.4 Å². The highest BCUT2D eigenvalue weighted by Gasteiger charge is 2.33. The zero-order valence-electron chi connectivity index (χ0n) is 20.4. The molecule has 36 heavy (non-hydrogen) atoms. The number of hydrogen-bond acceptors (Lipinski definition) is 5. The number of fused-ring (bicyclic) bond motifs is 3. The molecule has 2 aliphatic heterocycles. The molecule has 0 saturated carbocycles. The number of ether oxygens (including phenoxy) is 2. The van der Waals surface area contributed by atoms with Crippen LogP contribution in [0.1, 0.15) is 55.1 Å². The number of amides is 1. The van der Waals surface area contributed by atoms with Crippen molar-refractivity contribution in [3.8, 4) is 0 Å². The number of imidazole rings is 1. The number of methoxy groups -OCH3 is 1. The summed E-state index contributed by atoms with van der Waals surface area (Å²) in [6.45, 7) is 3.29. The number of benzene rings is 2. The molecule has 1 saturated heterocycles. The van der Waals surface area contributed by atoms with E-state index in [0.717, 1.165) is 54.6 Å². The second-order valence-corrected chi connectivity index (χ2v) is 10.0. The van der Waals surface area contributed by atoms with Crippen LogP contribution < -0.4 is 4.90 Å². The summed E-state index contributed by atoms with van der Waals surface area (Å²) in [5.74, 6) is -0.979. The number of aromatic nitrogens is 2. The highest BCUT2D eigenvalue weighted by Crippen LogP contribution is 2.39. The molecule has 2 unspecified atom stereocenters. The molecule has 8 nitrogen and oxygen atoms in total. The van der Waals surface area contributed by atoms with E-state index < -0.39 is 18.0 Å². The molecule has 190 valence electrons. The second-order valence-electron chi connectivity index (χ2n) is 9.57. The minimum Gasteiger partial charge on any atom is -0.481 e. The number of halogens is 1. The molecule has 1 aromatic heterocycles. The van der Waals surface area contributed by atoms with Crippen molar-refractivity contribution >= 4 is 40.4 Å². The number of hydrogen-bond donors (Lipinski definition) is 1. The largest absolute Gasteiger partial charge is 0.481 e. The van der Waals surface area contributed by atoms with Gasteiger partial charge in [0.15, 0.2) is 0 Å². The van der Waals surface area contributed by atoms with Gasteiger partial charge in [0.25, 0.3) is 0 Å². The third-order valence-corrected chi connectivity index (χ3v) is 7.61. The molecule has 0 bridgehead atoms. The smallest absolute Gasteiger partial charge is 0.414 e. The van der Waals surface area contributed by atoms with Crippen molar-refractivity contribution in [2.24, 2.45) is 0 Å². The number of aryl methyl sites for hydroxylation is 1. The summed E-state index contributed by atoms with van der Waals surface area (Å²) in [6, 6.07) is 11.0. The van der Waals surface area contributed by atoms with E-state index in [4.69, 9.17) is 26.1 Å². The number of rotatable bonds is 5. The van der Waals surface area contributed by atoms with Gasteiger partial charge in [0.2, 0.25) is 0 Å². The first-order valence-electron chi connectivity index (χ1n) is 12.3. The first-order chi connectivity index (χ1) is 17.4. The Hall–Kier alpha value is -3.10. The Labute approximate surface area is 214 Å². The monoisotopic (exact) mass is 511 g/mol. The maximum absolute atomic E-state index is 12.6. The lowest BCUT2D eigenvalue weighted by atomic mass is 9.95. The number of carbonyl (C=O) groups is 2. The van der Waals surface area contributed by atoms with E-state index in [0.29, 0.717) is 23.0 Å². The van der Waals surface area contributed by atoms with Crippen molar-refractivity contribution in [1.82, 2.24) is 9.55 Å².